The predicted octanol–water partition coefficient (Wildman–Crippen LogP) is 4.77. The van der Waals surface area contributed by atoms with Crippen molar-refractivity contribution in [3.05, 3.63) is 64.7 Å². The van der Waals surface area contributed by atoms with Crippen LogP contribution in [0.25, 0.3) is 0 Å². The average Bonchev–Trinajstić information content (AvgIpc) is 2.36. The first kappa shape index (κ1) is 14.0. The van der Waals surface area contributed by atoms with Gasteiger partial charge in [0.2, 0.25) is 0 Å². The molecule has 2 aromatic carbocycles. The summed E-state index contributed by atoms with van der Waals surface area (Å²) in [6.07, 6.45) is 0. The smallest absolute Gasteiger partial charge is 0.131 e. The number of hydrogen-bond acceptors (Lipinski definition) is 1. The topological polar surface area (TPSA) is 9.23 Å². The monoisotopic (exact) mass is 326 g/mol. The van der Waals surface area contributed by atoms with E-state index < -0.39 is 4.83 Å². The van der Waals surface area contributed by atoms with Crippen LogP contribution in [0, 0.1) is 18.6 Å². The number of hydrogen-bond donors (Lipinski definition) is 0. The van der Waals surface area contributed by atoms with E-state index >= 15 is 0 Å². The minimum absolute atomic E-state index is 0.326. The lowest BCUT2D eigenvalue weighted by Gasteiger charge is -2.13. The van der Waals surface area contributed by atoms with Gasteiger partial charge >= 0.3 is 0 Å². The molecule has 0 aliphatic heterocycles. The Bertz CT molecular complexity index is 578. The third-order valence-electron chi connectivity index (χ3n) is 2.84. The van der Waals surface area contributed by atoms with E-state index in [1.807, 2.05) is 6.07 Å². The van der Waals surface area contributed by atoms with E-state index in [1.165, 1.54) is 25.3 Å². The van der Waals surface area contributed by atoms with Gasteiger partial charge in [0, 0.05) is 11.6 Å². The van der Waals surface area contributed by atoms with E-state index in [0.717, 1.165) is 5.56 Å². The van der Waals surface area contributed by atoms with Crippen molar-refractivity contribution in [1.29, 1.82) is 0 Å². The molecular weight excluding hydrogens is 314 g/mol. The first-order valence-corrected chi connectivity index (χ1v) is 6.67. The maximum Gasteiger partial charge on any atom is 0.131 e. The molecule has 0 radical (unpaired) electrons. The highest BCUT2D eigenvalue weighted by molar-refractivity contribution is 9.09. The number of halogens is 3. The molecule has 0 fully saturated rings. The van der Waals surface area contributed by atoms with Gasteiger partial charge in [-0.25, -0.2) is 8.78 Å². The molecule has 0 heterocycles. The van der Waals surface area contributed by atoms with E-state index in [2.05, 4.69) is 15.9 Å². The molecule has 0 saturated heterocycles. The Morgan fingerprint density at radius 1 is 1.11 bits per heavy atom. The molecule has 1 nitrogen and oxygen atoms in total. The number of alkyl halides is 1. The minimum Gasteiger partial charge on any atom is -0.497 e. The largest absolute Gasteiger partial charge is 0.497 e. The molecule has 0 aliphatic carbocycles. The van der Waals surface area contributed by atoms with Crippen molar-refractivity contribution in [3.8, 4) is 5.75 Å². The lowest BCUT2D eigenvalue weighted by Crippen LogP contribution is -1.98. The van der Waals surface area contributed by atoms with E-state index in [9.17, 15) is 8.78 Å². The zero-order valence-electron chi connectivity index (χ0n) is 10.6. The lowest BCUT2D eigenvalue weighted by molar-refractivity contribution is 0.411. The summed E-state index contributed by atoms with van der Waals surface area (Å²) in [7, 11) is 1.48. The molecule has 0 saturated carbocycles. The molecule has 0 aliphatic rings. The van der Waals surface area contributed by atoms with Crippen molar-refractivity contribution >= 4 is 15.9 Å². The van der Waals surface area contributed by atoms with Gasteiger partial charge in [-0.1, -0.05) is 28.1 Å². The van der Waals surface area contributed by atoms with Crippen molar-refractivity contribution in [2.75, 3.05) is 7.11 Å². The van der Waals surface area contributed by atoms with E-state index in [0.29, 0.717) is 16.9 Å². The van der Waals surface area contributed by atoms with Crippen molar-refractivity contribution in [1.82, 2.24) is 0 Å². The molecular formula is C15H13BrF2O. The van der Waals surface area contributed by atoms with Crippen LogP contribution in [0.1, 0.15) is 21.5 Å². The van der Waals surface area contributed by atoms with Gasteiger partial charge in [-0.05, 0) is 36.2 Å². The van der Waals surface area contributed by atoms with Crippen LogP contribution in [0.4, 0.5) is 8.78 Å². The van der Waals surface area contributed by atoms with Crippen LogP contribution in [-0.2, 0) is 0 Å². The third-order valence-corrected chi connectivity index (χ3v) is 3.86. The lowest BCUT2D eigenvalue weighted by atomic mass is 10.0. The number of benzene rings is 2. The summed E-state index contributed by atoms with van der Waals surface area (Å²) in [4.78, 5) is -0.396. The molecule has 0 amide bonds. The van der Waals surface area contributed by atoms with E-state index in [4.69, 9.17) is 4.74 Å². The fourth-order valence-electron chi connectivity index (χ4n) is 1.93. The summed E-state index contributed by atoms with van der Waals surface area (Å²) in [5.41, 5.74) is 1.93. The summed E-state index contributed by atoms with van der Waals surface area (Å²) in [6.45, 7) is 1.80. The van der Waals surface area contributed by atoms with Gasteiger partial charge in [-0.15, -0.1) is 0 Å². The van der Waals surface area contributed by atoms with Crippen LogP contribution in [0.15, 0.2) is 36.4 Å². The number of rotatable bonds is 3. The number of aryl methyl sites for hydroxylation is 1. The normalized spacial score (nSPS) is 12.3. The molecule has 0 aromatic heterocycles. The predicted molar refractivity (Wildman–Crippen MR) is 74.9 cm³/mol. The third kappa shape index (κ3) is 3.13. The summed E-state index contributed by atoms with van der Waals surface area (Å²) in [5, 5.41) is 0. The standard InChI is InChI=1S/C15H13BrF2O/c1-9-5-10(7-11(17)6-9)15(16)13-4-3-12(19-2)8-14(13)18/h3-8,15H,1-2H3. The molecule has 4 heteroatoms. The fraction of sp³-hybridized carbons (Fsp3) is 0.200. The van der Waals surface area contributed by atoms with Gasteiger partial charge < -0.3 is 4.74 Å². The van der Waals surface area contributed by atoms with E-state index in [-0.39, 0.29) is 11.6 Å². The highest BCUT2D eigenvalue weighted by Gasteiger charge is 2.16. The van der Waals surface area contributed by atoms with Gasteiger partial charge in [-0.3, -0.25) is 0 Å². The second-order valence-electron chi connectivity index (χ2n) is 4.31. The van der Waals surface area contributed by atoms with Crippen molar-refractivity contribution in [2.24, 2.45) is 0 Å². The van der Waals surface area contributed by atoms with Gasteiger partial charge in [0.1, 0.15) is 17.4 Å². The zero-order chi connectivity index (χ0) is 14.0. The Kier molecular flexibility index (Phi) is 4.20. The maximum absolute atomic E-state index is 14.0. The van der Waals surface area contributed by atoms with Crippen molar-refractivity contribution in [2.45, 2.75) is 11.8 Å². The summed E-state index contributed by atoms with van der Waals surface area (Å²) in [6, 6.07) is 9.29. The number of methoxy groups -OCH3 is 1. The highest BCUT2D eigenvalue weighted by Crippen LogP contribution is 2.34. The molecule has 19 heavy (non-hydrogen) atoms. The quantitative estimate of drug-likeness (QED) is 0.738. The second kappa shape index (κ2) is 5.70. The van der Waals surface area contributed by atoms with Gasteiger partial charge in [0.05, 0.1) is 11.9 Å². The Balaban J connectivity index is 2.40. The van der Waals surface area contributed by atoms with Crippen LogP contribution < -0.4 is 4.74 Å². The van der Waals surface area contributed by atoms with Crippen LogP contribution in [-0.4, -0.2) is 7.11 Å². The number of ether oxygens (including phenoxy) is 1. The molecule has 1 atom stereocenters. The van der Waals surface area contributed by atoms with Crippen LogP contribution in [0.5, 0.6) is 5.75 Å². The van der Waals surface area contributed by atoms with Crippen molar-refractivity contribution < 1.29 is 13.5 Å². The Morgan fingerprint density at radius 3 is 2.42 bits per heavy atom. The minimum atomic E-state index is -0.396. The SMILES string of the molecule is COc1ccc(C(Br)c2cc(C)cc(F)c2)c(F)c1. The molecule has 0 spiro atoms. The average molecular weight is 327 g/mol. The molecule has 2 rings (SSSR count). The van der Waals surface area contributed by atoms with Crippen molar-refractivity contribution in [3.63, 3.8) is 0 Å². The van der Waals surface area contributed by atoms with Crippen LogP contribution >= 0.6 is 15.9 Å². The fourth-order valence-corrected chi connectivity index (χ4v) is 2.57. The molecule has 0 bridgehead atoms. The maximum atomic E-state index is 14.0. The molecule has 0 N–H and O–H groups in total. The molecule has 1 unspecified atom stereocenters. The summed E-state index contributed by atoms with van der Waals surface area (Å²) < 4.78 is 32.3. The second-order valence-corrected chi connectivity index (χ2v) is 5.23. The Labute approximate surface area is 119 Å². The van der Waals surface area contributed by atoms with Crippen LogP contribution in [0.3, 0.4) is 0 Å². The summed E-state index contributed by atoms with van der Waals surface area (Å²) >= 11 is 3.41. The zero-order valence-corrected chi connectivity index (χ0v) is 12.2. The first-order chi connectivity index (χ1) is 9.01. The van der Waals surface area contributed by atoms with E-state index in [1.54, 1.807) is 19.1 Å². The first-order valence-electron chi connectivity index (χ1n) is 5.76. The molecule has 2 aromatic rings. The highest BCUT2D eigenvalue weighted by atomic mass is 79.9. The summed E-state index contributed by atoms with van der Waals surface area (Å²) in [5.74, 6) is -0.257. The Hall–Kier alpha value is -1.42. The van der Waals surface area contributed by atoms with Gasteiger partial charge in [-0.2, -0.15) is 0 Å². The van der Waals surface area contributed by atoms with Gasteiger partial charge in [0.25, 0.3) is 0 Å². The van der Waals surface area contributed by atoms with Crippen LogP contribution in [0.2, 0.25) is 0 Å². The Morgan fingerprint density at radius 2 is 1.84 bits per heavy atom. The van der Waals surface area contributed by atoms with Gasteiger partial charge in [0.15, 0.2) is 0 Å². The molecule has 100 valence electrons.